The minimum absolute atomic E-state index is 0.254. The Morgan fingerprint density at radius 2 is 2.19 bits per heavy atom. The predicted octanol–water partition coefficient (Wildman–Crippen LogP) is 3.91. The van der Waals surface area contributed by atoms with E-state index in [4.69, 9.17) is 16.1 Å². The summed E-state index contributed by atoms with van der Waals surface area (Å²) in [6, 6.07) is 5.11. The first-order valence-corrected chi connectivity index (χ1v) is 8.02. The van der Waals surface area contributed by atoms with Crippen LogP contribution < -0.4 is 0 Å². The van der Waals surface area contributed by atoms with Crippen LogP contribution in [-0.2, 0) is 13.0 Å². The van der Waals surface area contributed by atoms with Crippen molar-refractivity contribution in [3.8, 4) is 0 Å². The van der Waals surface area contributed by atoms with Gasteiger partial charge >= 0.3 is 0 Å². The largest absolute Gasteiger partial charge is 0.359 e. The lowest BCUT2D eigenvalue weighted by Crippen LogP contribution is -2.05. The number of alkyl halides is 1. The Kier molecular flexibility index (Phi) is 4.17. The average Bonchev–Trinajstić information content (AvgIpc) is 2.97. The van der Waals surface area contributed by atoms with Gasteiger partial charge < -0.3 is 9.09 Å². The number of aryl methyl sites for hydroxylation is 2. The third kappa shape index (κ3) is 2.91. The van der Waals surface area contributed by atoms with E-state index < -0.39 is 0 Å². The third-order valence-corrected chi connectivity index (χ3v) is 4.19. The molecule has 2 heterocycles. The minimum Gasteiger partial charge on any atom is -0.359 e. The predicted molar refractivity (Wildman–Crippen MR) is 87.2 cm³/mol. The summed E-state index contributed by atoms with van der Waals surface area (Å²) in [6.45, 7) is 2.32. The lowest BCUT2D eigenvalue weighted by atomic mass is 10.3. The van der Waals surface area contributed by atoms with Gasteiger partial charge in [0.15, 0.2) is 5.76 Å². The topological polar surface area (TPSA) is 43.9 Å². The van der Waals surface area contributed by atoms with Crippen molar-refractivity contribution < 1.29 is 8.91 Å². The van der Waals surface area contributed by atoms with Crippen LogP contribution in [0.15, 0.2) is 22.7 Å². The number of imidazole rings is 1. The molecule has 7 heteroatoms. The van der Waals surface area contributed by atoms with Crippen LogP contribution in [0.1, 0.15) is 17.3 Å². The van der Waals surface area contributed by atoms with Crippen LogP contribution in [-0.4, -0.2) is 20.6 Å². The number of halogens is 3. The van der Waals surface area contributed by atoms with Crippen molar-refractivity contribution in [1.82, 2.24) is 14.7 Å². The van der Waals surface area contributed by atoms with Crippen molar-refractivity contribution in [1.29, 1.82) is 0 Å². The second kappa shape index (κ2) is 5.92. The van der Waals surface area contributed by atoms with E-state index in [1.165, 1.54) is 6.07 Å². The van der Waals surface area contributed by atoms with Gasteiger partial charge in [-0.2, -0.15) is 0 Å². The number of hydrogen-bond acceptors (Lipinski definition) is 3. The van der Waals surface area contributed by atoms with Crippen LogP contribution in [0.25, 0.3) is 11.0 Å². The molecule has 0 saturated carbocycles. The Balaban J connectivity index is 2.12. The smallest absolute Gasteiger partial charge is 0.156 e. The van der Waals surface area contributed by atoms with Crippen LogP contribution in [0, 0.1) is 16.3 Å². The molecule has 0 N–H and O–H groups in total. The van der Waals surface area contributed by atoms with Gasteiger partial charge in [-0.3, -0.25) is 0 Å². The SMILES string of the molecule is Cc1cc(Cn2c(CCCl)nc3cc(I)c(F)cc32)on1. The van der Waals surface area contributed by atoms with Crippen molar-refractivity contribution in [3.05, 3.63) is 44.9 Å². The van der Waals surface area contributed by atoms with Gasteiger partial charge in [-0.1, -0.05) is 5.16 Å². The van der Waals surface area contributed by atoms with E-state index in [9.17, 15) is 4.39 Å². The number of aromatic nitrogens is 3. The van der Waals surface area contributed by atoms with Crippen molar-refractivity contribution in [3.63, 3.8) is 0 Å². The highest BCUT2D eigenvalue weighted by Gasteiger charge is 2.15. The molecular formula is C14H12ClFIN3O. The highest BCUT2D eigenvalue weighted by molar-refractivity contribution is 14.1. The molecule has 4 nitrogen and oxygen atoms in total. The second-order valence-corrected chi connectivity index (χ2v) is 6.28. The Hall–Kier alpha value is -1.15. The maximum absolute atomic E-state index is 13.9. The van der Waals surface area contributed by atoms with Gasteiger partial charge in [0.25, 0.3) is 0 Å². The summed E-state index contributed by atoms with van der Waals surface area (Å²) in [5, 5.41) is 3.87. The molecule has 0 bridgehead atoms. The molecule has 0 atom stereocenters. The third-order valence-electron chi connectivity index (χ3n) is 3.18. The van der Waals surface area contributed by atoms with Crippen LogP contribution in [0.5, 0.6) is 0 Å². The van der Waals surface area contributed by atoms with Gasteiger partial charge in [-0.25, -0.2) is 9.37 Å². The van der Waals surface area contributed by atoms with Gasteiger partial charge in [-0.05, 0) is 35.6 Å². The van der Waals surface area contributed by atoms with Crippen molar-refractivity contribution >= 4 is 45.2 Å². The normalized spacial score (nSPS) is 11.4. The summed E-state index contributed by atoms with van der Waals surface area (Å²) in [5.74, 6) is 1.73. The summed E-state index contributed by atoms with van der Waals surface area (Å²) < 4.78 is 21.6. The lowest BCUT2D eigenvalue weighted by molar-refractivity contribution is 0.373. The van der Waals surface area contributed by atoms with Crippen LogP contribution in [0.2, 0.25) is 0 Å². The molecule has 0 spiro atoms. The molecule has 0 aliphatic heterocycles. The Morgan fingerprint density at radius 3 is 2.86 bits per heavy atom. The van der Waals surface area contributed by atoms with Crippen molar-refractivity contribution in [2.45, 2.75) is 19.9 Å². The summed E-state index contributed by atoms with van der Waals surface area (Å²) in [5.41, 5.74) is 2.31. The van der Waals surface area contributed by atoms with Crippen molar-refractivity contribution in [2.24, 2.45) is 0 Å². The fraction of sp³-hybridized carbons (Fsp3) is 0.286. The van der Waals surface area contributed by atoms with E-state index in [2.05, 4.69) is 10.1 Å². The minimum atomic E-state index is -0.254. The van der Waals surface area contributed by atoms with Crippen LogP contribution in [0.4, 0.5) is 4.39 Å². The monoisotopic (exact) mass is 419 g/mol. The quantitative estimate of drug-likeness (QED) is 0.476. The number of fused-ring (bicyclic) bond motifs is 1. The van der Waals surface area contributed by atoms with E-state index in [1.807, 2.05) is 40.1 Å². The van der Waals surface area contributed by atoms with E-state index >= 15 is 0 Å². The van der Waals surface area contributed by atoms with Crippen LogP contribution >= 0.6 is 34.2 Å². The number of rotatable bonds is 4. The molecule has 0 fully saturated rings. The first-order chi connectivity index (χ1) is 10.1. The second-order valence-electron chi connectivity index (χ2n) is 4.74. The maximum atomic E-state index is 13.9. The first-order valence-electron chi connectivity index (χ1n) is 6.41. The van der Waals surface area contributed by atoms with E-state index in [1.54, 1.807) is 6.07 Å². The van der Waals surface area contributed by atoms with E-state index in [0.29, 0.717) is 28.2 Å². The fourth-order valence-electron chi connectivity index (χ4n) is 2.27. The Morgan fingerprint density at radius 1 is 1.38 bits per heavy atom. The van der Waals surface area contributed by atoms with Gasteiger partial charge in [-0.15, -0.1) is 11.6 Å². The molecule has 3 rings (SSSR count). The van der Waals surface area contributed by atoms with E-state index in [0.717, 1.165) is 22.6 Å². The summed E-state index contributed by atoms with van der Waals surface area (Å²) in [4.78, 5) is 4.55. The molecule has 0 radical (unpaired) electrons. The molecule has 0 saturated heterocycles. The summed E-state index contributed by atoms with van der Waals surface area (Å²) in [7, 11) is 0. The number of hydrogen-bond donors (Lipinski definition) is 0. The maximum Gasteiger partial charge on any atom is 0.156 e. The summed E-state index contributed by atoms with van der Waals surface area (Å²) >= 11 is 7.80. The molecule has 0 unspecified atom stereocenters. The lowest BCUT2D eigenvalue weighted by Gasteiger charge is -2.06. The highest BCUT2D eigenvalue weighted by atomic mass is 127. The molecule has 3 aromatic rings. The molecule has 0 aliphatic rings. The fourth-order valence-corrected chi connectivity index (χ4v) is 2.89. The zero-order chi connectivity index (χ0) is 15.0. The van der Waals surface area contributed by atoms with Gasteiger partial charge in [0.05, 0.1) is 26.8 Å². The molecule has 0 aliphatic carbocycles. The van der Waals surface area contributed by atoms with Gasteiger partial charge in [0.2, 0.25) is 0 Å². The molecule has 2 aromatic heterocycles. The molecule has 0 amide bonds. The Labute approximate surface area is 139 Å². The standard InChI is InChI=1S/C14H12ClFIN3O/c1-8-4-9(21-19-8)7-20-13-5-10(16)11(17)6-12(13)18-14(20)2-3-15/h4-6H,2-3,7H2,1H3. The molecule has 1 aromatic carbocycles. The average molecular weight is 420 g/mol. The van der Waals surface area contributed by atoms with Gasteiger partial charge in [0, 0.05) is 24.4 Å². The number of nitrogens with zero attached hydrogens (tertiary/aromatic N) is 3. The summed E-state index contributed by atoms with van der Waals surface area (Å²) in [6.07, 6.45) is 0.613. The van der Waals surface area contributed by atoms with Gasteiger partial charge in [0.1, 0.15) is 11.6 Å². The highest BCUT2D eigenvalue weighted by Crippen LogP contribution is 2.23. The first kappa shape index (κ1) is 14.8. The molecule has 21 heavy (non-hydrogen) atoms. The van der Waals surface area contributed by atoms with E-state index in [-0.39, 0.29) is 5.82 Å². The zero-order valence-corrected chi connectivity index (χ0v) is 14.2. The molecule has 110 valence electrons. The zero-order valence-electron chi connectivity index (χ0n) is 11.2. The van der Waals surface area contributed by atoms with Crippen molar-refractivity contribution in [2.75, 3.05) is 5.88 Å². The number of benzene rings is 1. The Bertz CT molecular complexity index is 799. The van der Waals surface area contributed by atoms with Crippen LogP contribution in [0.3, 0.4) is 0 Å². The molecular weight excluding hydrogens is 408 g/mol.